The third-order valence-corrected chi connectivity index (χ3v) is 2.41. The molecule has 12 heavy (non-hydrogen) atoms. The Labute approximate surface area is 82.2 Å². The largest absolute Gasteiger partial charge is 1.00 e. The van der Waals surface area contributed by atoms with Gasteiger partial charge in [-0.2, -0.15) is 0 Å². The number of unbranched alkanes of at least 4 members (excludes halogenated alkanes) is 1. The van der Waals surface area contributed by atoms with Crippen LogP contribution in [0, 0.1) is 5.92 Å². The van der Waals surface area contributed by atoms with Gasteiger partial charge in [-0.15, -0.1) is 0 Å². The molecule has 0 unspecified atom stereocenters. The predicted octanol–water partition coefficient (Wildman–Crippen LogP) is 0.661. The first kappa shape index (κ1) is 11.6. The molecule has 1 aliphatic rings. The highest BCUT2D eigenvalue weighted by Crippen LogP contribution is 2.28. The maximum absolute atomic E-state index is 2.26. The van der Waals surface area contributed by atoms with Crippen LogP contribution in [0.1, 0.15) is 40.0 Å². The Bertz CT molecular complexity index is 189. The Morgan fingerprint density at radius 1 is 1.42 bits per heavy atom. The van der Waals surface area contributed by atoms with Gasteiger partial charge in [-0.1, -0.05) is 13.3 Å². The first-order valence-electron chi connectivity index (χ1n) is 4.47. The molecule has 0 fully saturated rings. The van der Waals surface area contributed by atoms with Crippen LogP contribution in [-0.2, 0) is 0 Å². The molecule has 0 saturated heterocycles. The lowest BCUT2D eigenvalue weighted by molar-refractivity contribution is -0.00000247. The zero-order valence-corrected chi connectivity index (χ0v) is 8.91. The summed E-state index contributed by atoms with van der Waals surface area (Å²) in [5.74, 6) is 1.44. The van der Waals surface area contributed by atoms with E-state index < -0.39 is 0 Å². The summed E-state index contributed by atoms with van der Waals surface area (Å²) in [5, 5.41) is 0. The number of rotatable bonds is 3. The van der Waals surface area contributed by atoms with Crippen LogP contribution in [0.5, 0.6) is 0 Å². The van der Waals surface area contributed by atoms with Crippen molar-refractivity contribution in [3.8, 4) is 0 Å². The molecule has 0 heterocycles. The Morgan fingerprint density at radius 3 is 2.50 bits per heavy atom. The molecule has 0 radical (unpaired) electrons. The van der Waals surface area contributed by atoms with E-state index in [1.54, 1.807) is 5.57 Å². The maximum atomic E-state index is 2.26. The number of hydrogen-bond acceptors (Lipinski definition) is 0. The van der Waals surface area contributed by atoms with Crippen molar-refractivity contribution in [3.05, 3.63) is 29.2 Å². The molecule has 0 saturated carbocycles. The Kier molecular flexibility index (Phi) is 5.16. The summed E-state index contributed by atoms with van der Waals surface area (Å²) < 4.78 is 0. The standard InChI is InChI=1S/C11H17.ClH/c1-4-5-6-11-8-7-9(2)10(11)3;/h7-8H,4-6H2,1-3H3;1H/q+1;/p-1. The Morgan fingerprint density at radius 2 is 2.08 bits per heavy atom. The maximum Gasteiger partial charge on any atom is 0.0963 e. The Hall–Kier alpha value is -0.360. The minimum Gasteiger partial charge on any atom is -1.00 e. The van der Waals surface area contributed by atoms with E-state index in [0.29, 0.717) is 0 Å². The molecule has 0 aromatic rings. The van der Waals surface area contributed by atoms with Gasteiger partial charge in [-0.05, 0) is 13.3 Å². The minimum atomic E-state index is 0. The summed E-state index contributed by atoms with van der Waals surface area (Å²) >= 11 is 0. The molecular formula is C11H17Cl. The van der Waals surface area contributed by atoms with Crippen LogP contribution < -0.4 is 12.4 Å². The summed E-state index contributed by atoms with van der Waals surface area (Å²) in [6.07, 6.45) is 8.37. The van der Waals surface area contributed by atoms with E-state index in [9.17, 15) is 0 Å². The first-order valence-corrected chi connectivity index (χ1v) is 4.47. The minimum absolute atomic E-state index is 0. The summed E-state index contributed by atoms with van der Waals surface area (Å²) in [5.41, 5.74) is 3.04. The van der Waals surface area contributed by atoms with Gasteiger partial charge in [0.15, 0.2) is 0 Å². The molecule has 68 valence electrons. The van der Waals surface area contributed by atoms with Crippen LogP contribution in [-0.4, -0.2) is 0 Å². The van der Waals surface area contributed by atoms with Gasteiger partial charge >= 0.3 is 0 Å². The van der Waals surface area contributed by atoms with Crippen LogP contribution in [0.2, 0.25) is 0 Å². The fraction of sp³-hybridized carbons (Fsp3) is 0.545. The van der Waals surface area contributed by atoms with Crippen molar-refractivity contribution in [2.45, 2.75) is 40.0 Å². The summed E-state index contributed by atoms with van der Waals surface area (Å²) in [6.45, 7) is 6.65. The second kappa shape index (κ2) is 5.31. The van der Waals surface area contributed by atoms with Gasteiger partial charge in [-0.3, -0.25) is 0 Å². The van der Waals surface area contributed by atoms with Gasteiger partial charge < -0.3 is 12.4 Å². The van der Waals surface area contributed by atoms with Crippen molar-refractivity contribution >= 4 is 0 Å². The summed E-state index contributed by atoms with van der Waals surface area (Å²) in [7, 11) is 0. The average molecular weight is 185 g/mol. The van der Waals surface area contributed by atoms with Gasteiger partial charge in [0.2, 0.25) is 0 Å². The van der Waals surface area contributed by atoms with E-state index in [4.69, 9.17) is 0 Å². The molecule has 0 aromatic heterocycles. The smallest absolute Gasteiger partial charge is 0.0963 e. The molecule has 0 spiro atoms. The molecule has 0 N–H and O–H groups in total. The lowest BCUT2D eigenvalue weighted by atomic mass is 10.0. The lowest BCUT2D eigenvalue weighted by Crippen LogP contribution is -3.00. The van der Waals surface area contributed by atoms with Crippen LogP contribution in [0.3, 0.4) is 0 Å². The second-order valence-corrected chi connectivity index (χ2v) is 3.27. The molecular weight excluding hydrogens is 168 g/mol. The molecule has 1 heteroatoms. The van der Waals surface area contributed by atoms with Crippen LogP contribution in [0.15, 0.2) is 23.3 Å². The topological polar surface area (TPSA) is 0 Å². The van der Waals surface area contributed by atoms with Gasteiger partial charge in [0.25, 0.3) is 0 Å². The summed E-state index contributed by atoms with van der Waals surface area (Å²) in [4.78, 5) is 0. The highest BCUT2D eigenvalue weighted by atomic mass is 35.5. The number of halogens is 1. The van der Waals surface area contributed by atoms with Gasteiger partial charge in [0, 0.05) is 13.3 Å². The Balaban J connectivity index is 0.00000121. The van der Waals surface area contributed by atoms with Crippen LogP contribution in [0.4, 0.5) is 0 Å². The molecule has 0 atom stereocenters. The third-order valence-electron chi connectivity index (χ3n) is 2.41. The first-order chi connectivity index (χ1) is 5.25. The average Bonchev–Trinajstić information content (AvgIpc) is 2.31. The zero-order chi connectivity index (χ0) is 8.27. The summed E-state index contributed by atoms with van der Waals surface area (Å²) in [6, 6.07) is 0. The van der Waals surface area contributed by atoms with Crippen LogP contribution >= 0.6 is 0 Å². The van der Waals surface area contributed by atoms with E-state index >= 15 is 0 Å². The normalized spacial score (nSPS) is 15.4. The van der Waals surface area contributed by atoms with E-state index in [-0.39, 0.29) is 12.4 Å². The lowest BCUT2D eigenvalue weighted by Gasteiger charge is -1.95. The highest BCUT2D eigenvalue weighted by Gasteiger charge is 2.20. The molecule has 0 bridgehead atoms. The van der Waals surface area contributed by atoms with Gasteiger partial charge in [0.05, 0.1) is 29.2 Å². The van der Waals surface area contributed by atoms with Crippen molar-refractivity contribution in [3.63, 3.8) is 0 Å². The van der Waals surface area contributed by atoms with Crippen molar-refractivity contribution < 1.29 is 12.4 Å². The predicted molar refractivity (Wildman–Crippen MR) is 50.3 cm³/mol. The molecule has 0 aliphatic heterocycles. The monoisotopic (exact) mass is 184 g/mol. The second-order valence-electron chi connectivity index (χ2n) is 3.27. The van der Waals surface area contributed by atoms with Crippen LogP contribution in [0.25, 0.3) is 0 Å². The SMILES string of the molecule is CCCCC1=C(C)[C+](C)C=C1.[Cl-]. The zero-order valence-electron chi connectivity index (χ0n) is 8.15. The number of allylic oxidation sites excluding steroid dienone is 4. The molecule has 1 rings (SSSR count). The van der Waals surface area contributed by atoms with Crippen molar-refractivity contribution in [2.24, 2.45) is 0 Å². The van der Waals surface area contributed by atoms with E-state index in [0.717, 1.165) is 0 Å². The molecule has 0 nitrogen and oxygen atoms in total. The van der Waals surface area contributed by atoms with Gasteiger partial charge in [0.1, 0.15) is 0 Å². The molecule has 0 amide bonds. The van der Waals surface area contributed by atoms with E-state index in [2.05, 4.69) is 32.9 Å². The van der Waals surface area contributed by atoms with Crippen molar-refractivity contribution in [1.29, 1.82) is 0 Å². The fourth-order valence-corrected chi connectivity index (χ4v) is 1.37. The quantitative estimate of drug-likeness (QED) is 0.566. The molecule has 1 aliphatic carbocycles. The van der Waals surface area contributed by atoms with Gasteiger partial charge in [-0.25, -0.2) is 0 Å². The fourth-order valence-electron chi connectivity index (χ4n) is 1.37. The number of hydrogen-bond donors (Lipinski definition) is 0. The van der Waals surface area contributed by atoms with Crippen molar-refractivity contribution in [1.82, 2.24) is 0 Å². The van der Waals surface area contributed by atoms with Crippen molar-refractivity contribution in [2.75, 3.05) is 0 Å². The third kappa shape index (κ3) is 2.60. The molecule has 0 aromatic carbocycles. The highest BCUT2D eigenvalue weighted by molar-refractivity contribution is 5.46. The van der Waals surface area contributed by atoms with E-state index in [1.807, 2.05) is 0 Å². The van der Waals surface area contributed by atoms with E-state index in [1.165, 1.54) is 30.8 Å².